The van der Waals surface area contributed by atoms with Gasteiger partial charge in [0, 0.05) is 0 Å². The minimum atomic E-state index is 0. The van der Waals surface area contributed by atoms with Crippen molar-refractivity contribution in [2.75, 3.05) is 0 Å². The predicted octanol–water partition coefficient (Wildman–Crippen LogP) is -6.03. The molecule has 0 amide bonds. The Labute approximate surface area is 68.4 Å². The van der Waals surface area contributed by atoms with Gasteiger partial charge < -0.3 is 16.4 Å². The second-order valence-electron chi connectivity index (χ2n) is 0. The van der Waals surface area contributed by atoms with Crippen molar-refractivity contribution in [3.8, 4) is 0 Å². The van der Waals surface area contributed by atoms with Crippen LogP contribution in [0.15, 0.2) is 0 Å². The van der Waals surface area contributed by atoms with Crippen molar-refractivity contribution < 1.29 is 16.4 Å². The average Bonchev–Trinajstić information content (AvgIpc) is 0. The Hall–Kier alpha value is 1.48. The molecular formula is H15Al3O3. The van der Waals surface area contributed by atoms with Crippen molar-refractivity contribution in [2.45, 2.75) is 0 Å². The molecule has 0 aromatic rings. The van der Waals surface area contributed by atoms with E-state index in [9.17, 15) is 0 Å². The van der Waals surface area contributed by atoms with Crippen LogP contribution in [-0.4, -0.2) is 68.5 Å². The quantitative estimate of drug-likeness (QED) is 0.302. The smallest absolute Gasteiger partial charge is 0.187 e. The van der Waals surface area contributed by atoms with Crippen LogP contribution in [0.1, 0.15) is 0 Å². The van der Waals surface area contributed by atoms with Gasteiger partial charge in [0.2, 0.25) is 0 Å². The summed E-state index contributed by atoms with van der Waals surface area (Å²) in [4.78, 5) is 0. The van der Waals surface area contributed by atoms with E-state index in [1.54, 1.807) is 0 Å². The molecule has 42 valence electrons. The summed E-state index contributed by atoms with van der Waals surface area (Å²) in [6, 6.07) is 0. The van der Waals surface area contributed by atoms with Crippen LogP contribution >= 0.6 is 0 Å². The molecule has 0 saturated carbocycles. The molecule has 6 heavy (non-hydrogen) atoms. The molecule has 0 aromatic carbocycles. The molecule has 0 saturated heterocycles. The highest BCUT2D eigenvalue weighted by Gasteiger charge is 0.189. The minimum absolute atomic E-state index is 0. The van der Waals surface area contributed by atoms with Gasteiger partial charge in [-0.2, -0.15) is 0 Å². The van der Waals surface area contributed by atoms with E-state index in [4.69, 9.17) is 0 Å². The molecule has 0 rings (SSSR count). The highest BCUT2D eigenvalue weighted by molar-refractivity contribution is 5.76. The Balaban J connectivity index is 0. The third-order valence-corrected chi connectivity index (χ3v) is 0. The van der Waals surface area contributed by atoms with Crippen LogP contribution in [0.5, 0.6) is 0 Å². The van der Waals surface area contributed by atoms with Crippen LogP contribution in [0.4, 0.5) is 0 Å². The van der Waals surface area contributed by atoms with Gasteiger partial charge in [-0.1, -0.05) is 0 Å². The van der Waals surface area contributed by atoms with Gasteiger partial charge in [-0.05, 0) is 0 Å². The summed E-state index contributed by atoms with van der Waals surface area (Å²) in [5.41, 5.74) is 0. The molecule has 0 aliphatic carbocycles. The molecule has 0 radical (unpaired) electrons. The zero-order valence-electron chi connectivity index (χ0n) is 1.50. The summed E-state index contributed by atoms with van der Waals surface area (Å²) in [5.74, 6) is 0. The molecule has 0 spiro atoms. The normalized spacial score (nSPS) is 0. The maximum atomic E-state index is 0. The van der Waals surface area contributed by atoms with Crippen LogP contribution in [0.3, 0.4) is 0 Å². The average molecular weight is 144 g/mol. The molecule has 0 aromatic heterocycles. The topological polar surface area (TPSA) is 94.5 Å². The highest BCUT2D eigenvalue weighted by Crippen LogP contribution is -0.287. The van der Waals surface area contributed by atoms with Crippen LogP contribution in [-0.2, 0) is 0 Å². The lowest BCUT2D eigenvalue weighted by Gasteiger charge is -0.413. The molecule has 0 unspecified atom stereocenters. The molecule has 6 N–H and O–H groups in total. The number of hydrogen-bond acceptors (Lipinski definition) is 0. The Bertz CT molecular complexity index is 6.00. The Morgan fingerprint density at radius 2 is 0.333 bits per heavy atom. The summed E-state index contributed by atoms with van der Waals surface area (Å²) in [5, 5.41) is 0. The van der Waals surface area contributed by atoms with Gasteiger partial charge >= 0.3 is 0 Å². The van der Waals surface area contributed by atoms with Crippen LogP contribution in [0.25, 0.3) is 0 Å². The molecule has 0 fully saturated rings. The van der Waals surface area contributed by atoms with Crippen molar-refractivity contribution in [1.82, 2.24) is 0 Å². The lowest BCUT2D eigenvalue weighted by Crippen LogP contribution is -0.382. The minimum Gasteiger partial charge on any atom is -0.412 e. The monoisotopic (exact) mass is 144 g/mol. The largest absolute Gasteiger partial charge is 0.412 e. The van der Waals surface area contributed by atoms with Crippen molar-refractivity contribution in [2.24, 2.45) is 0 Å². The first-order chi connectivity index (χ1) is 0. The van der Waals surface area contributed by atoms with Crippen molar-refractivity contribution >= 4 is 52.1 Å². The SMILES string of the molecule is O.O.O.[AlH3].[AlH3].[AlH3]. The van der Waals surface area contributed by atoms with Crippen LogP contribution < -0.4 is 0 Å². The summed E-state index contributed by atoms with van der Waals surface area (Å²) in [6.07, 6.45) is 0. The van der Waals surface area contributed by atoms with Gasteiger partial charge in [0.25, 0.3) is 0 Å². The molecule has 0 atom stereocenters. The van der Waals surface area contributed by atoms with Crippen molar-refractivity contribution in [3.05, 3.63) is 0 Å². The molecule has 0 aliphatic heterocycles. The molecule has 0 aliphatic rings. The Kier molecular flexibility index (Phi) is 2130. The third-order valence-electron chi connectivity index (χ3n) is 0. The molecule has 0 heterocycles. The molecule has 6 heteroatoms. The van der Waals surface area contributed by atoms with E-state index in [1.807, 2.05) is 0 Å². The lowest BCUT2D eigenvalue weighted by molar-refractivity contribution is 0.823. The Morgan fingerprint density at radius 3 is 0.333 bits per heavy atom. The first-order valence-electron chi connectivity index (χ1n) is 0. The third kappa shape index (κ3) is 50.3. The first kappa shape index (κ1) is 144. The maximum Gasteiger partial charge on any atom is 0.187 e. The van der Waals surface area contributed by atoms with E-state index in [-0.39, 0.29) is 68.5 Å². The fourth-order valence-electron chi connectivity index (χ4n) is 0. The molecular weight excluding hydrogens is 129 g/mol. The van der Waals surface area contributed by atoms with Gasteiger partial charge in [-0.3, -0.25) is 0 Å². The second-order valence-corrected chi connectivity index (χ2v) is 0. The van der Waals surface area contributed by atoms with Gasteiger partial charge in [0.05, 0.1) is 0 Å². The van der Waals surface area contributed by atoms with E-state index in [0.717, 1.165) is 0 Å². The molecule has 3 nitrogen and oxygen atoms in total. The lowest BCUT2D eigenvalue weighted by atomic mass is 16.0. The zero-order valence-corrected chi connectivity index (χ0v) is 1.50. The van der Waals surface area contributed by atoms with Crippen LogP contribution in [0.2, 0.25) is 0 Å². The maximum absolute atomic E-state index is 0. The standard InChI is InChI=1S/3Al.3H2O.9H/h;;;3*1H2;;;;;;;;;. The van der Waals surface area contributed by atoms with E-state index in [2.05, 4.69) is 0 Å². The van der Waals surface area contributed by atoms with Crippen molar-refractivity contribution in [3.63, 3.8) is 0 Å². The van der Waals surface area contributed by atoms with E-state index in [1.165, 1.54) is 0 Å². The first-order valence-corrected chi connectivity index (χ1v) is 0. The predicted molar refractivity (Wildman–Crippen MR) is 40.7 cm³/mol. The zero-order chi connectivity index (χ0) is 0. The summed E-state index contributed by atoms with van der Waals surface area (Å²) in [6.45, 7) is 0. The summed E-state index contributed by atoms with van der Waals surface area (Å²) < 4.78 is 0. The summed E-state index contributed by atoms with van der Waals surface area (Å²) in [7, 11) is 0. The van der Waals surface area contributed by atoms with Crippen molar-refractivity contribution in [1.29, 1.82) is 0 Å². The highest BCUT2D eigenvalue weighted by atomic mass is 27.0. The van der Waals surface area contributed by atoms with E-state index >= 15 is 0 Å². The second kappa shape index (κ2) is 89.0. The fourth-order valence-corrected chi connectivity index (χ4v) is 0. The van der Waals surface area contributed by atoms with Gasteiger partial charge in [0.15, 0.2) is 52.1 Å². The van der Waals surface area contributed by atoms with Gasteiger partial charge in [-0.25, -0.2) is 0 Å². The van der Waals surface area contributed by atoms with E-state index in [0.29, 0.717) is 0 Å². The van der Waals surface area contributed by atoms with Crippen LogP contribution in [0, 0.1) is 0 Å². The van der Waals surface area contributed by atoms with Gasteiger partial charge in [-0.15, -0.1) is 0 Å². The van der Waals surface area contributed by atoms with Gasteiger partial charge in [0.1, 0.15) is 0 Å². The molecule has 0 bridgehead atoms. The van der Waals surface area contributed by atoms with E-state index < -0.39 is 0 Å². The Morgan fingerprint density at radius 1 is 0.333 bits per heavy atom. The fraction of sp³-hybridized carbons (Fsp3) is 0. The summed E-state index contributed by atoms with van der Waals surface area (Å²) >= 11 is 0. The number of hydrogen-bond donors (Lipinski definition) is 0. The number of rotatable bonds is 0.